The van der Waals surface area contributed by atoms with Crippen molar-refractivity contribution in [1.29, 1.82) is 0 Å². The average Bonchev–Trinajstić information content (AvgIpc) is 2.91. The van der Waals surface area contributed by atoms with Crippen LogP contribution >= 0.6 is 11.8 Å². The van der Waals surface area contributed by atoms with Gasteiger partial charge in [0.2, 0.25) is 0 Å². The second-order valence-electron chi connectivity index (χ2n) is 11.0. The summed E-state index contributed by atoms with van der Waals surface area (Å²) in [6.45, 7) is 12.4. The van der Waals surface area contributed by atoms with Crippen molar-refractivity contribution in [3.8, 4) is 0 Å². The van der Waals surface area contributed by atoms with Crippen LogP contribution in [0.3, 0.4) is 0 Å². The summed E-state index contributed by atoms with van der Waals surface area (Å²) in [7, 11) is 0. The Morgan fingerprint density at radius 1 is 0.975 bits per heavy atom. The number of anilines is 1. The standard InChI is InChI=1S/C33H38FN3O2S/c1-23(2)20-36(21-24(3)4)17-16-35-32(38)27-12-15-30-29(19-27)37(22-26-10-13-28(34)14-11-26)33(39)31(40-30)18-25-8-6-5-7-9-25/h5-15,18-19,23-24H,16-17,20-22H2,1-4H3,(H,35,38). The predicted molar refractivity (Wildman–Crippen MR) is 163 cm³/mol. The highest BCUT2D eigenvalue weighted by atomic mass is 32.2. The molecule has 1 heterocycles. The van der Waals surface area contributed by atoms with E-state index in [0.717, 1.165) is 35.7 Å². The molecule has 1 aliphatic rings. The van der Waals surface area contributed by atoms with Crippen LogP contribution in [0.15, 0.2) is 82.6 Å². The van der Waals surface area contributed by atoms with E-state index in [-0.39, 0.29) is 24.2 Å². The Hall–Kier alpha value is -3.42. The lowest BCUT2D eigenvalue weighted by Crippen LogP contribution is -2.38. The van der Waals surface area contributed by atoms with Crippen LogP contribution in [0.25, 0.3) is 6.08 Å². The fourth-order valence-corrected chi connectivity index (χ4v) is 5.84. The van der Waals surface area contributed by atoms with Crippen molar-refractivity contribution in [1.82, 2.24) is 10.2 Å². The maximum absolute atomic E-state index is 13.7. The minimum atomic E-state index is -0.325. The van der Waals surface area contributed by atoms with Gasteiger partial charge in [0.25, 0.3) is 11.8 Å². The number of amides is 2. The van der Waals surface area contributed by atoms with E-state index >= 15 is 0 Å². The van der Waals surface area contributed by atoms with Gasteiger partial charge in [-0.3, -0.25) is 9.59 Å². The molecule has 4 rings (SSSR count). The Labute approximate surface area is 241 Å². The molecule has 0 bridgehead atoms. The Morgan fingerprint density at radius 2 is 1.65 bits per heavy atom. The molecule has 0 unspecified atom stereocenters. The largest absolute Gasteiger partial charge is 0.351 e. The molecule has 0 fully saturated rings. The van der Waals surface area contributed by atoms with Gasteiger partial charge in [-0.2, -0.15) is 0 Å². The quantitative estimate of drug-likeness (QED) is 0.261. The topological polar surface area (TPSA) is 52.7 Å². The van der Waals surface area contributed by atoms with Crippen molar-refractivity contribution in [3.05, 3.63) is 100 Å². The van der Waals surface area contributed by atoms with E-state index in [0.29, 0.717) is 34.5 Å². The number of carbonyl (C=O) groups excluding carboxylic acids is 2. The van der Waals surface area contributed by atoms with Gasteiger partial charge in [0.15, 0.2) is 0 Å². The van der Waals surface area contributed by atoms with Crippen LogP contribution in [0.2, 0.25) is 0 Å². The van der Waals surface area contributed by atoms with E-state index in [4.69, 9.17) is 0 Å². The second kappa shape index (κ2) is 13.8. The summed E-state index contributed by atoms with van der Waals surface area (Å²) in [5, 5.41) is 3.06. The molecule has 3 aromatic rings. The molecule has 0 radical (unpaired) electrons. The molecule has 0 atom stereocenters. The molecule has 0 saturated carbocycles. The van der Waals surface area contributed by atoms with E-state index in [1.54, 1.807) is 23.1 Å². The minimum Gasteiger partial charge on any atom is -0.351 e. The predicted octanol–water partition coefficient (Wildman–Crippen LogP) is 6.85. The van der Waals surface area contributed by atoms with Crippen molar-refractivity contribution in [2.45, 2.75) is 39.1 Å². The lowest BCUT2D eigenvalue weighted by atomic mass is 10.1. The number of fused-ring (bicyclic) bond motifs is 1. The molecule has 1 aliphatic heterocycles. The number of rotatable bonds is 11. The van der Waals surface area contributed by atoms with Crippen LogP contribution in [0.1, 0.15) is 49.2 Å². The van der Waals surface area contributed by atoms with Gasteiger partial charge in [0.1, 0.15) is 5.82 Å². The summed E-state index contributed by atoms with van der Waals surface area (Å²) in [5.74, 6) is 0.465. The highest BCUT2D eigenvalue weighted by Gasteiger charge is 2.30. The molecule has 0 aliphatic carbocycles. The van der Waals surface area contributed by atoms with Crippen LogP contribution in [0.4, 0.5) is 10.1 Å². The lowest BCUT2D eigenvalue weighted by molar-refractivity contribution is -0.114. The zero-order valence-electron chi connectivity index (χ0n) is 23.7. The van der Waals surface area contributed by atoms with E-state index in [1.807, 2.05) is 48.5 Å². The molecule has 0 saturated heterocycles. The summed E-state index contributed by atoms with van der Waals surface area (Å²) < 4.78 is 13.6. The molecule has 3 aromatic carbocycles. The zero-order chi connectivity index (χ0) is 28.6. The van der Waals surface area contributed by atoms with Gasteiger partial charge in [0.05, 0.1) is 17.1 Å². The number of nitrogens with one attached hydrogen (secondary N) is 1. The fraction of sp³-hybridized carbons (Fsp3) is 0.333. The van der Waals surface area contributed by atoms with Crippen molar-refractivity contribution in [2.24, 2.45) is 11.8 Å². The smallest absolute Gasteiger partial charge is 0.265 e. The van der Waals surface area contributed by atoms with Crippen LogP contribution in [0, 0.1) is 17.7 Å². The Bertz CT molecular complexity index is 1330. The van der Waals surface area contributed by atoms with Crippen LogP contribution < -0.4 is 10.2 Å². The molecule has 40 heavy (non-hydrogen) atoms. The number of thioether (sulfide) groups is 1. The third-order valence-corrected chi connectivity index (χ3v) is 7.58. The Kier molecular flexibility index (Phi) is 10.2. The number of hydrogen-bond acceptors (Lipinski definition) is 4. The molecule has 2 amide bonds. The SMILES string of the molecule is CC(C)CN(CCNC(=O)c1ccc2c(c1)N(Cc1ccc(F)cc1)C(=O)C(=Cc1ccccc1)S2)CC(C)C. The summed E-state index contributed by atoms with van der Waals surface area (Å²) in [6.07, 6.45) is 1.88. The first-order chi connectivity index (χ1) is 19.2. The maximum atomic E-state index is 13.7. The Balaban J connectivity index is 1.56. The van der Waals surface area contributed by atoms with Crippen molar-refractivity contribution < 1.29 is 14.0 Å². The average molecular weight is 560 g/mol. The fourth-order valence-electron chi connectivity index (χ4n) is 4.80. The van der Waals surface area contributed by atoms with Gasteiger partial charge in [0, 0.05) is 36.6 Å². The van der Waals surface area contributed by atoms with E-state index in [9.17, 15) is 14.0 Å². The van der Waals surface area contributed by atoms with Gasteiger partial charge in [-0.1, -0.05) is 81.9 Å². The molecule has 5 nitrogen and oxygen atoms in total. The normalized spacial score (nSPS) is 14.3. The zero-order valence-corrected chi connectivity index (χ0v) is 24.5. The number of carbonyl (C=O) groups is 2. The monoisotopic (exact) mass is 559 g/mol. The minimum absolute atomic E-state index is 0.152. The van der Waals surface area contributed by atoms with Gasteiger partial charge in [-0.25, -0.2) is 4.39 Å². The van der Waals surface area contributed by atoms with E-state index in [1.165, 1.54) is 23.9 Å². The van der Waals surface area contributed by atoms with Gasteiger partial charge >= 0.3 is 0 Å². The van der Waals surface area contributed by atoms with E-state index in [2.05, 4.69) is 37.9 Å². The van der Waals surface area contributed by atoms with Gasteiger partial charge in [-0.05, 0) is 59.4 Å². The summed E-state index contributed by atoms with van der Waals surface area (Å²) in [6, 6.07) is 21.4. The van der Waals surface area contributed by atoms with Crippen LogP contribution in [0.5, 0.6) is 0 Å². The summed E-state index contributed by atoms with van der Waals surface area (Å²) in [4.78, 5) is 32.4. The second-order valence-corrected chi connectivity index (χ2v) is 12.1. The number of benzene rings is 3. The third-order valence-electron chi connectivity index (χ3n) is 6.50. The molecular weight excluding hydrogens is 521 g/mol. The van der Waals surface area contributed by atoms with Crippen molar-refractivity contribution >= 4 is 35.3 Å². The van der Waals surface area contributed by atoms with E-state index < -0.39 is 0 Å². The first kappa shape index (κ1) is 29.6. The summed E-state index contributed by atoms with van der Waals surface area (Å²) >= 11 is 1.40. The highest BCUT2D eigenvalue weighted by molar-refractivity contribution is 8.04. The molecule has 7 heteroatoms. The first-order valence-electron chi connectivity index (χ1n) is 13.8. The molecule has 0 spiro atoms. The van der Waals surface area contributed by atoms with Crippen LogP contribution in [-0.4, -0.2) is 42.9 Å². The van der Waals surface area contributed by atoms with Gasteiger partial charge in [-0.15, -0.1) is 0 Å². The number of hydrogen-bond donors (Lipinski definition) is 1. The van der Waals surface area contributed by atoms with Crippen LogP contribution in [-0.2, 0) is 11.3 Å². The number of nitrogens with zero attached hydrogens (tertiary/aromatic N) is 2. The van der Waals surface area contributed by atoms with Gasteiger partial charge < -0.3 is 15.1 Å². The molecular formula is C33H38FN3O2S. The Morgan fingerprint density at radius 3 is 2.30 bits per heavy atom. The van der Waals surface area contributed by atoms with Crippen molar-refractivity contribution in [3.63, 3.8) is 0 Å². The maximum Gasteiger partial charge on any atom is 0.265 e. The molecule has 0 aromatic heterocycles. The highest BCUT2D eigenvalue weighted by Crippen LogP contribution is 2.43. The van der Waals surface area contributed by atoms with Crippen molar-refractivity contribution in [2.75, 3.05) is 31.1 Å². The molecule has 1 N–H and O–H groups in total. The summed E-state index contributed by atoms with van der Waals surface area (Å²) in [5.41, 5.74) is 2.92. The number of halogens is 1. The first-order valence-corrected chi connectivity index (χ1v) is 14.7. The lowest BCUT2D eigenvalue weighted by Gasteiger charge is -2.31. The third kappa shape index (κ3) is 8.05. The molecule has 210 valence electrons.